The van der Waals surface area contributed by atoms with Gasteiger partial charge in [-0.25, -0.2) is 4.98 Å². The molecule has 1 fully saturated rings. The van der Waals surface area contributed by atoms with Crippen LogP contribution in [0.5, 0.6) is 0 Å². The van der Waals surface area contributed by atoms with Crippen LogP contribution in [-0.4, -0.2) is 44.2 Å². The van der Waals surface area contributed by atoms with Gasteiger partial charge in [0.05, 0.1) is 29.3 Å². The molecular formula is C20H22ClN5O2. The lowest BCUT2D eigenvalue weighted by Crippen LogP contribution is -2.28. The molecule has 8 heteroatoms. The average Bonchev–Trinajstić information content (AvgIpc) is 3.40. The molecule has 1 aliphatic rings. The van der Waals surface area contributed by atoms with Gasteiger partial charge in [-0.15, -0.1) is 0 Å². The maximum Gasteiger partial charge on any atom is 0.214 e. The molecule has 0 saturated carbocycles. The van der Waals surface area contributed by atoms with E-state index >= 15 is 0 Å². The van der Waals surface area contributed by atoms with Crippen LogP contribution in [0, 0.1) is 11.3 Å². The Balaban J connectivity index is 1.92. The first-order chi connectivity index (χ1) is 13.4. The van der Waals surface area contributed by atoms with Crippen molar-refractivity contribution in [3.05, 3.63) is 41.2 Å². The molecule has 1 N–H and O–H groups in total. The molecule has 28 heavy (non-hydrogen) atoms. The first-order valence-electron chi connectivity index (χ1n) is 8.86. The minimum absolute atomic E-state index is 0.134. The number of nitrogens with one attached hydrogen (secondary N) is 1. The number of benzene rings is 1. The monoisotopic (exact) mass is 399 g/mol. The molecule has 2 heterocycles. The molecule has 0 bridgehead atoms. The Labute approximate surface area is 169 Å². The number of ether oxygens (including phenoxy) is 1. The van der Waals surface area contributed by atoms with Crippen LogP contribution in [0.4, 0.5) is 22.7 Å². The number of epoxide rings is 1. The third-order valence-corrected chi connectivity index (χ3v) is 4.99. The summed E-state index contributed by atoms with van der Waals surface area (Å²) in [5, 5.41) is 12.7. The minimum atomic E-state index is -0.134. The lowest BCUT2D eigenvalue weighted by atomic mass is 10.1. The molecule has 7 nitrogen and oxygen atoms in total. The van der Waals surface area contributed by atoms with Crippen molar-refractivity contribution in [2.24, 2.45) is 0 Å². The average molecular weight is 400 g/mol. The number of halogens is 1. The molecule has 1 aliphatic heterocycles. The third-order valence-electron chi connectivity index (χ3n) is 4.71. The Morgan fingerprint density at radius 3 is 2.75 bits per heavy atom. The molecule has 0 aliphatic carbocycles. The van der Waals surface area contributed by atoms with E-state index in [9.17, 15) is 10.1 Å². The maximum atomic E-state index is 11.8. The van der Waals surface area contributed by atoms with E-state index in [0.29, 0.717) is 12.2 Å². The number of rotatable bonds is 8. The summed E-state index contributed by atoms with van der Waals surface area (Å²) in [5.41, 5.74) is 3.11. The predicted molar refractivity (Wildman–Crippen MR) is 110 cm³/mol. The fourth-order valence-corrected chi connectivity index (χ4v) is 3.07. The fraction of sp³-hybridized carbons (Fsp3) is 0.350. The van der Waals surface area contributed by atoms with Crippen molar-refractivity contribution >= 4 is 40.8 Å². The number of pyridine rings is 1. The molecule has 0 spiro atoms. The number of hydrogen-bond acceptors (Lipinski definition) is 6. The lowest BCUT2D eigenvalue weighted by Gasteiger charge is -2.26. The predicted octanol–water partition coefficient (Wildman–Crippen LogP) is 3.56. The second-order valence-electron chi connectivity index (χ2n) is 7.15. The minimum Gasteiger partial charge on any atom is -0.376 e. The molecule has 1 atom stereocenters. The fourth-order valence-electron chi connectivity index (χ4n) is 2.87. The molecule has 1 unspecified atom stereocenters. The van der Waals surface area contributed by atoms with Gasteiger partial charge in [0, 0.05) is 32.5 Å². The van der Waals surface area contributed by atoms with Crippen molar-refractivity contribution in [2.75, 3.05) is 42.4 Å². The molecule has 2 aromatic rings. The van der Waals surface area contributed by atoms with E-state index < -0.39 is 0 Å². The molecule has 146 valence electrons. The molecule has 1 aromatic carbocycles. The van der Waals surface area contributed by atoms with Gasteiger partial charge in [0.15, 0.2) is 0 Å². The van der Waals surface area contributed by atoms with Crippen LogP contribution in [0.15, 0.2) is 30.5 Å². The Morgan fingerprint density at radius 2 is 2.14 bits per heavy atom. The lowest BCUT2D eigenvalue weighted by molar-refractivity contribution is -0.107. The SMILES string of the molecule is CN(C)c1ccc(Nc2ccnc(Cl)c2C#N)cc1N(C=O)CCC1(C)CO1. The van der Waals surface area contributed by atoms with Crippen LogP contribution in [0.25, 0.3) is 0 Å². The van der Waals surface area contributed by atoms with Gasteiger partial charge in [-0.1, -0.05) is 11.6 Å². The highest BCUT2D eigenvalue weighted by Gasteiger charge is 2.39. The first-order valence-corrected chi connectivity index (χ1v) is 9.23. The zero-order valence-corrected chi connectivity index (χ0v) is 16.8. The van der Waals surface area contributed by atoms with Crippen molar-refractivity contribution in [1.82, 2.24) is 4.98 Å². The van der Waals surface area contributed by atoms with Crippen molar-refractivity contribution in [3.63, 3.8) is 0 Å². The van der Waals surface area contributed by atoms with Gasteiger partial charge in [-0.05, 0) is 37.6 Å². The summed E-state index contributed by atoms with van der Waals surface area (Å²) < 4.78 is 5.43. The number of anilines is 4. The topological polar surface area (TPSA) is 84.8 Å². The van der Waals surface area contributed by atoms with Crippen molar-refractivity contribution in [1.29, 1.82) is 5.26 Å². The normalized spacial score (nSPS) is 17.5. The van der Waals surface area contributed by atoms with E-state index in [1.807, 2.05) is 44.1 Å². The largest absolute Gasteiger partial charge is 0.376 e. The molecule has 1 saturated heterocycles. The summed E-state index contributed by atoms with van der Waals surface area (Å²) >= 11 is 6.01. The second kappa shape index (κ2) is 8.05. The summed E-state index contributed by atoms with van der Waals surface area (Å²) in [6.07, 6.45) is 3.13. The quantitative estimate of drug-likeness (QED) is 0.415. The van der Waals surface area contributed by atoms with Crippen LogP contribution < -0.4 is 15.1 Å². The zero-order valence-electron chi connectivity index (χ0n) is 16.1. The van der Waals surface area contributed by atoms with Gasteiger partial charge >= 0.3 is 0 Å². The summed E-state index contributed by atoms with van der Waals surface area (Å²) in [5.74, 6) is 0. The molecule has 3 rings (SSSR count). The van der Waals surface area contributed by atoms with Crippen LogP contribution in [0.1, 0.15) is 18.9 Å². The van der Waals surface area contributed by atoms with Gasteiger partial charge in [-0.3, -0.25) is 4.79 Å². The number of nitrogens with zero attached hydrogens (tertiary/aromatic N) is 4. The zero-order chi connectivity index (χ0) is 20.3. The van der Waals surface area contributed by atoms with Crippen molar-refractivity contribution in [2.45, 2.75) is 18.9 Å². The summed E-state index contributed by atoms with van der Waals surface area (Å²) in [6, 6.07) is 9.45. The Morgan fingerprint density at radius 1 is 1.39 bits per heavy atom. The second-order valence-corrected chi connectivity index (χ2v) is 7.50. The summed E-state index contributed by atoms with van der Waals surface area (Å²) in [7, 11) is 3.85. The number of carbonyl (C=O) groups excluding carboxylic acids is 1. The van der Waals surface area contributed by atoms with Crippen LogP contribution in [0.3, 0.4) is 0 Å². The van der Waals surface area contributed by atoms with Gasteiger partial charge in [0.2, 0.25) is 6.41 Å². The Bertz CT molecular complexity index is 921. The van der Waals surface area contributed by atoms with E-state index in [2.05, 4.69) is 16.4 Å². The third kappa shape index (κ3) is 4.35. The van der Waals surface area contributed by atoms with Crippen LogP contribution in [-0.2, 0) is 9.53 Å². The number of carbonyl (C=O) groups is 1. The first kappa shape index (κ1) is 19.9. The molecule has 0 radical (unpaired) electrons. The van der Waals surface area contributed by atoms with E-state index in [1.165, 1.54) is 6.20 Å². The van der Waals surface area contributed by atoms with Gasteiger partial charge < -0.3 is 19.9 Å². The number of hydrogen-bond donors (Lipinski definition) is 1. The molecular weight excluding hydrogens is 378 g/mol. The smallest absolute Gasteiger partial charge is 0.214 e. The molecule has 1 amide bonds. The Hall–Kier alpha value is -2.82. The van der Waals surface area contributed by atoms with E-state index in [0.717, 1.165) is 36.5 Å². The summed E-state index contributed by atoms with van der Waals surface area (Å²) in [4.78, 5) is 19.4. The number of aromatic nitrogens is 1. The van der Waals surface area contributed by atoms with Crippen LogP contribution in [0.2, 0.25) is 5.15 Å². The van der Waals surface area contributed by atoms with E-state index in [1.54, 1.807) is 11.0 Å². The Kier molecular flexibility index (Phi) is 5.73. The molecule has 1 aromatic heterocycles. The van der Waals surface area contributed by atoms with Gasteiger partial charge in [-0.2, -0.15) is 5.26 Å². The summed E-state index contributed by atoms with van der Waals surface area (Å²) in [6.45, 7) is 3.31. The van der Waals surface area contributed by atoms with E-state index in [-0.39, 0.29) is 16.3 Å². The number of amides is 1. The number of nitriles is 1. The van der Waals surface area contributed by atoms with Crippen molar-refractivity contribution < 1.29 is 9.53 Å². The highest BCUT2D eigenvalue weighted by molar-refractivity contribution is 6.31. The van der Waals surface area contributed by atoms with Gasteiger partial charge in [0.25, 0.3) is 0 Å². The standard InChI is InChI=1S/C20H22ClN5O2/c1-20(12-28-20)7-9-26(13-27)18-10-14(4-5-17(18)25(2)3)24-16-6-8-23-19(21)15(16)11-22/h4-6,8,10,13H,7,9,12H2,1-3H3,(H,23,24). The van der Waals surface area contributed by atoms with Gasteiger partial charge in [0.1, 0.15) is 16.8 Å². The van der Waals surface area contributed by atoms with Crippen molar-refractivity contribution in [3.8, 4) is 6.07 Å². The highest BCUT2D eigenvalue weighted by atomic mass is 35.5. The van der Waals surface area contributed by atoms with E-state index in [4.69, 9.17) is 16.3 Å². The highest BCUT2D eigenvalue weighted by Crippen LogP contribution is 2.35. The maximum absolute atomic E-state index is 11.8. The van der Waals surface area contributed by atoms with Crippen LogP contribution >= 0.6 is 11.6 Å².